The number of rotatable bonds is 10. The Morgan fingerprint density at radius 2 is 1.73 bits per heavy atom. The van der Waals surface area contributed by atoms with Crippen LogP contribution in [0.1, 0.15) is 47.7 Å². The molecule has 2 aromatic rings. The van der Waals surface area contributed by atoms with Crippen LogP contribution < -0.4 is 0 Å². The van der Waals surface area contributed by atoms with E-state index in [4.69, 9.17) is 5.26 Å². The normalized spacial score (nSPS) is 17.5. The van der Waals surface area contributed by atoms with Gasteiger partial charge in [-0.15, -0.1) is 22.7 Å². The van der Waals surface area contributed by atoms with E-state index in [1.54, 1.807) is 22.7 Å². The fourth-order valence-corrected chi connectivity index (χ4v) is 6.24. The topological polar surface area (TPSA) is 54.1 Å². The summed E-state index contributed by atoms with van der Waals surface area (Å²) in [5.74, 6) is 0.325. The molecule has 1 unspecified atom stereocenters. The summed E-state index contributed by atoms with van der Waals surface area (Å²) in [6.07, 6.45) is 4.24. The first kappa shape index (κ1) is 23.0. The van der Waals surface area contributed by atoms with Gasteiger partial charge in [0.2, 0.25) is 0 Å². The average molecular weight is 441 g/mol. The first-order chi connectivity index (χ1) is 14.6. The highest BCUT2D eigenvalue weighted by molar-refractivity contribution is 7.12. The third-order valence-electron chi connectivity index (χ3n) is 6.33. The van der Waals surface area contributed by atoms with E-state index in [0.29, 0.717) is 5.92 Å². The van der Waals surface area contributed by atoms with Crippen LogP contribution >= 0.6 is 22.7 Å². The first-order valence-electron chi connectivity index (χ1n) is 11.0. The lowest BCUT2D eigenvalue weighted by Gasteiger charge is -2.36. The molecule has 1 atom stereocenters. The molecule has 0 N–H and O–H groups in total. The fourth-order valence-electron chi connectivity index (χ4n) is 4.34. The Kier molecular flexibility index (Phi) is 8.48. The number of aryl methyl sites for hydroxylation is 1. The van der Waals surface area contributed by atoms with Gasteiger partial charge in [0, 0.05) is 35.9 Å². The van der Waals surface area contributed by atoms with E-state index in [1.165, 1.54) is 9.75 Å². The van der Waals surface area contributed by atoms with E-state index in [0.717, 1.165) is 69.8 Å². The number of nitriles is 2. The zero-order valence-electron chi connectivity index (χ0n) is 18.1. The maximum atomic E-state index is 9.99. The minimum atomic E-state index is -0.344. The summed E-state index contributed by atoms with van der Waals surface area (Å²) in [5.41, 5.74) is -0.344. The van der Waals surface area contributed by atoms with Gasteiger partial charge >= 0.3 is 0 Å². The molecular formula is C24H32N4S2. The van der Waals surface area contributed by atoms with Gasteiger partial charge in [0.15, 0.2) is 0 Å². The molecule has 0 aliphatic carbocycles. The van der Waals surface area contributed by atoms with Crippen LogP contribution in [0.15, 0.2) is 29.6 Å². The molecule has 0 spiro atoms. The molecule has 1 saturated heterocycles. The number of piperazine rings is 1. The zero-order valence-corrected chi connectivity index (χ0v) is 19.8. The molecule has 160 valence electrons. The molecule has 4 nitrogen and oxygen atoms in total. The molecular weight excluding hydrogens is 408 g/mol. The molecule has 3 rings (SSSR count). The summed E-state index contributed by atoms with van der Waals surface area (Å²) in [7, 11) is 0. The Bertz CT molecular complexity index is 851. The second-order valence-corrected chi connectivity index (χ2v) is 10.6. The quantitative estimate of drug-likeness (QED) is 0.514. The summed E-state index contributed by atoms with van der Waals surface area (Å²) in [6, 6.07) is 13.1. The van der Waals surface area contributed by atoms with Crippen molar-refractivity contribution in [1.82, 2.24) is 9.80 Å². The van der Waals surface area contributed by atoms with Crippen molar-refractivity contribution in [2.24, 2.45) is 5.92 Å². The third-order valence-corrected chi connectivity index (χ3v) is 8.42. The molecule has 1 aliphatic rings. The molecule has 0 amide bonds. The van der Waals surface area contributed by atoms with E-state index in [1.807, 2.05) is 6.07 Å². The largest absolute Gasteiger partial charge is 0.301 e. The van der Waals surface area contributed by atoms with Crippen molar-refractivity contribution in [3.05, 3.63) is 44.3 Å². The van der Waals surface area contributed by atoms with E-state index in [-0.39, 0.29) is 5.41 Å². The number of hydrogen-bond donors (Lipinski definition) is 0. The molecule has 0 bridgehead atoms. The van der Waals surface area contributed by atoms with Crippen LogP contribution in [-0.4, -0.2) is 49.1 Å². The van der Waals surface area contributed by atoms with Crippen molar-refractivity contribution in [3.8, 4) is 12.1 Å². The SMILES string of the molecule is CC(C)C(C#N)(CCCN1CCN(CCCc2ccc(C#N)s2)CC1)c1cccs1. The smallest absolute Gasteiger partial charge is 0.110 e. The van der Waals surface area contributed by atoms with Gasteiger partial charge in [-0.25, -0.2) is 0 Å². The van der Waals surface area contributed by atoms with Gasteiger partial charge in [-0.2, -0.15) is 10.5 Å². The molecule has 6 heteroatoms. The van der Waals surface area contributed by atoms with Crippen molar-refractivity contribution in [2.45, 2.75) is 44.9 Å². The molecule has 3 heterocycles. The summed E-state index contributed by atoms with van der Waals surface area (Å²) >= 11 is 3.34. The van der Waals surface area contributed by atoms with Gasteiger partial charge in [-0.3, -0.25) is 0 Å². The van der Waals surface area contributed by atoms with E-state index < -0.39 is 0 Å². The second kappa shape index (κ2) is 11.1. The van der Waals surface area contributed by atoms with Crippen LogP contribution in [0.4, 0.5) is 0 Å². The van der Waals surface area contributed by atoms with Crippen LogP contribution in [0.5, 0.6) is 0 Å². The van der Waals surface area contributed by atoms with Crippen molar-refractivity contribution >= 4 is 22.7 Å². The lowest BCUT2D eigenvalue weighted by molar-refractivity contribution is 0.127. The van der Waals surface area contributed by atoms with E-state index >= 15 is 0 Å². The summed E-state index contributed by atoms with van der Waals surface area (Å²) in [5, 5.41) is 21.0. The predicted octanol–water partition coefficient (Wildman–Crippen LogP) is 5.13. The Labute approximate surface area is 189 Å². The van der Waals surface area contributed by atoms with Crippen LogP contribution in [0, 0.1) is 28.6 Å². The van der Waals surface area contributed by atoms with Gasteiger partial charge in [-0.1, -0.05) is 19.9 Å². The van der Waals surface area contributed by atoms with Gasteiger partial charge in [-0.05, 0) is 68.3 Å². The fraction of sp³-hybridized carbons (Fsp3) is 0.583. The number of nitrogens with zero attached hydrogens (tertiary/aromatic N) is 4. The van der Waals surface area contributed by atoms with E-state index in [2.05, 4.69) is 59.4 Å². The highest BCUT2D eigenvalue weighted by Gasteiger charge is 2.36. The van der Waals surface area contributed by atoms with E-state index in [9.17, 15) is 5.26 Å². The highest BCUT2D eigenvalue weighted by Crippen LogP contribution is 2.39. The maximum absolute atomic E-state index is 9.99. The molecule has 0 radical (unpaired) electrons. The monoisotopic (exact) mass is 440 g/mol. The number of thiophene rings is 2. The van der Waals surface area contributed by atoms with Gasteiger partial charge in [0.1, 0.15) is 10.9 Å². The number of hydrogen-bond acceptors (Lipinski definition) is 6. The molecule has 1 fully saturated rings. The summed E-state index contributed by atoms with van der Waals surface area (Å²) < 4.78 is 0. The first-order valence-corrected chi connectivity index (χ1v) is 12.7. The van der Waals surface area contributed by atoms with Crippen LogP contribution in [0.2, 0.25) is 0 Å². The molecule has 30 heavy (non-hydrogen) atoms. The van der Waals surface area contributed by atoms with Crippen LogP contribution in [-0.2, 0) is 11.8 Å². The lowest BCUT2D eigenvalue weighted by atomic mass is 9.73. The minimum absolute atomic E-state index is 0.325. The van der Waals surface area contributed by atoms with Crippen molar-refractivity contribution in [1.29, 1.82) is 10.5 Å². The Balaban J connectivity index is 1.37. The Morgan fingerprint density at radius 3 is 2.27 bits per heavy atom. The van der Waals surface area contributed by atoms with Crippen LogP contribution in [0.25, 0.3) is 0 Å². The highest BCUT2D eigenvalue weighted by atomic mass is 32.1. The van der Waals surface area contributed by atoms with Gasteiger partial charge in [0.05, 0.1) is 11.5 Å². The lowest BCUT2D eigenvalue weighted by Crippen LogP contribution is -2.47. The Hall–Kier alpha value is -1.70. The summed E-state index contributed by atoms with van der Waals surface area (Å²) in [4.78, 5) is 8.48. The van der Waals surface area contributed by atoms with Crippen LogP contribution in [0.3, 0.4) is 0 Å². The maximum Gasteiger partial charge on any atom is 0.110 e. The van der Waals surface area contributed by atoms with Gasteiger partial charge in [0.25, 0.3) is 0 Å². The Morgan fingerprint density at radius 1 is 1.03 bits per heavy atom. The summed E-state index contributed by atoms with van der Waals surface area (Å²) in [6.45, 7) is 11.1. The predicted molar refractivity (Wildman–Crippen MR) is 126 cm³/mol. The molecule has 2 aromatic heterocycles. The third kappa shape index (κ3) is 5.71. The van der Waals surface area contributed by atoms with Crippen molar-refractivity contribution in [2.75, 3.05) is 39.3 Å². The zero-order chi connectivity index (χ0) is 21.4. The minimum Gasteiger partial charge on any atom is -0.301 e. The van der Waals surface area contributed by atoms with Crippen molar-refractivity contribution < 1.29 is 0 Å². The average Bonchev–Trinajstić information content (AvgIpc) is 3.45. The van der Waals surface area contributed by atoms with Crippen molar-refractivity contribution in [3.63, 3.8) is 0 Å². The molecule has 0 aromatic carbocycles. The molecule has 1 aliphatic heterocycles. The molecule has 0 saturated carbocycles. The van der Waals surface area contributed by atoms with Gasteiger partial charge < -0.3 is 9.80 Å². The second-order valence-electron chi connectivity index (χ2n) is 8.48. The standard InChI is InChI=1S/C24H32N4S2/c1-20(2)24(19-26,23-7-4-17-29-23)10-5-12-28-15-13-27(14-16-28)11-3-6-21-8-9-22(18-25)30-21/h4,7-9,17,20H,3,5-6,10-16H2,1-2H3.